The number of nitrogens with one attached hydrogen (secondary N) is 2. The van der Waals surface area contributed by atoms with E-state index in [-0.39, 0.29) is 12.5 Å². The van der Waals surface area contributed by atoms with Gasteiger partial charge in [0.1, 0.15) is 5.75 Å². The fourth-order valence-electron chi connectivity index (χ4n) is 2.99. The molecule has 138 valence electrons. The Morgan fingerprint density at radius 3 is 2.69 bits per heavy atom. The highest BCUT2D eigenvalue weighted by Gasteiger charge is 2.15. The number of benzene rings is 2. The standard InChI is InChI=1S/C20H25N3O3/c1-15-7-8-19(25-2)17(13-15)22-20(24)14-21-16-5-3-4-6-18(16)23-9-11-26-12-10-23/h3-8,13,21H,9-12,14H2,1-2H3,(H,22,24). The minimum atomic E-state index is -0.120. The van der Waals surface area contributed by atoms with E-state index in [1.807, 2.05) is 43.3 Å². The van der Waals surface area contributed by atoms with Gasteiger partial charge in [0.25, 0.3) is 0 Å². The zero-order valence-corrected chi connectivity index (χ0v) is 15.2. The van der Waals surface area contributed by atoms with Gasteiger partial charge in [0.15, 0.2) is 0 Å². The molecule has 1 saturated heterocycles. The Bertz CT molecular complexity index is 758. The number of rotatable bonds is 6. The van der Waals surface area contributed by atoms with Crippen molar-refractivity contribution in [1.29, 1.82) is 0 Å². The Morgan fingerprint density at radius 1 is 1.15 bits per heavy atom. The molecule has 2 aromatic rings. The number of morpholine rings is 1. The number of ether oxygens (including phenoxy) is 2. The van der Waals surface area contributed by atoms with Crippen molar-refractivity contribution in [3.63, 3.8) is 0 Å². The summed E-state index contributed by atoms with van der Waals surface area (Å²) in [4.78, 5) is 14.7. The highest BCUT2D eigenvalue weighted by atomic mass is 16.5. The maximum atomic E-state index is 12.4. The van der Waals surface area contributed by atoms with Crippen LogP contribution in [0.3, 0.4) is 0 Å². The van der Waals surface area contributed by atoms with Crippen LogP contribution in [-0.4, -0.2) is 45.9 Å². The van der Waals surface area contributed by atoms with Crippen LogP contribution < -0.4 is 20.3 Å². The van der Waals surface area contributed by atoms with Crippen LogP contribution in [0.5, 0.6) is 5.75 Å². The summed E-state index contributed by atoms with van der Waals surface area (Å²) >= 11 is 0. The number of amides is 1. The van der Waals surface area contributed by atoms with Gasteiger partial charge >= 0.3 is 0 Å². The van der Waals surface area contributed by atoms with Crippen molar-refractivity contribution in [3.8, 4) is 5.75 Å². The number of para-hydroxylation sites is 2. The molecule has 0 aliphatic carbocycles. The fraction of sp³-hybridized carbons (Fsp3) is 0.350. The van der Waals surface area contributed by atoms with Gasteiger partial charge in [-0.15, -0.1) is 0 Å². The first kappa shape index (κ1) is 18.1. The van der Waals surface area contributed by atoms with Crippen LogP contribution in [0, 0.1) is 6.92 Å². The second kappa shape index (κ2) is 8.58. The van der Waals surface area contributed by atoms with E-state index in [4.69, 9.17) is 9.47 Å². The molecule has 0 radical (unpaired) electrons. The molecule has 6 heteroatoms. The summed E-state index contributed by atoms with van der Waals surface area (Å²) < 4.78 is 10.7. The van der Waals surface area contributed by atoms with Crippen molar-refractivity contribution in [3.05, 3.63) is 48.0 Å². The maximum Gasteiger partial charge on any atom is 0.243 e. The molecule has 1 fully saturated rings. The molecule has 0 spiro atoms. The van der Waals surface area contributed by atoms with Crippen LogP contribution in [0.25, 0.3) is 0 Å². The number of nitrogens with zero attached hydrogens (tertiary/aromatic N) is 1. The van der Waals surface area contributed by atoms with Crippen molar-refractivity contribution in [2.45, 2.75) is 6.92 Å². The molecule has 0 aromatic heterocycles. The first-order valence-corrected chi connectivity index (χ1v) is 8.77. The molecule has 0 unspecified atom stereocenters. The third-order valence-corrected chi connectivity index (χ3v) is 4.32. The Balaban J connectivity index is 1.64. The van der Waals surface area contributed by atoms with E-state index in [0.29, 0.717) is 11.4 Å². The van der Waals surface area contributed by atoms with Gasteiger partial charge in [0.05, 0.1) is 43.9 Å². The molecule has 2 N–H and O–H groups in total. The van der Waals surface area contributed by atoms with Gasteiger partial charge in [0, 0.05) is 13.1 Å². The molecule has 6 nitrogen and oxygen atoms in total. The molecule has 1 aliphatic heterocycles. The van der Waals surface area contributed by atoms with E-state index >= 15 is 0 Å². The number of carbonyl (C=O) groups is 1. The first-order chi connectivity index (χ1) is 12.7. The van der Waals surface area contributed by atoms with Gasteiger partial charge in [-0.3, -0.25) is 4.79 Å². The number of methoxy groups -OCH3 is 1. The summed E-state index contributed by atoms with van der Waals surface area (Å²) in [7, 11) is 1.59. The summed E-state index contributed by atoms with van der Waals surface area (Å²) in [5.74, 6) is 0.531. The number of aryl methyl sites for hydroxylation is 1. The normalized spacial score (nSPS) is 14.0. The molecule has 1 amide bonds. The Hall–Kier alpha value is -2.73. The lowest BCUT2D eigenvalue weighted by molar-refractivity contribution is -0.114. The first-order valence-electron chi connectivity index (χ1n) is 8.77. The SMILES string of the molecule is COc1ccc(C)cc1NC(=O)CNc1ccccc1N1CCOCC1. The van der Waals surface area contributed by atoms with Crippen molar-refractivity contribution >= 4 is 23.0 Å². The summed E-state index contributed by atoms with van der Waals surface area (Å²) in [6, 6.07) is 13.7. The summed E-state index contributed by atoms with van der Waals surface area (Å²) in [6.45, 7) is 5.31. The van der Waals surface area contributed by atoms with Gasteiger partial charge in [-0.2, -0.15) is 0 Å². The number of hydrogen-bond donors (Lipinski definition) is 2. The predicted molar refractivity (Wildman–Crippen MR) is 104 cm³/mol. The molecule has 0 saturated carbocycles. The average molecular weight is 355 g/mol. The molecule has 0 bridgehead atoms. The zero-order chi connectivity index (χ0) is 18.4. The molecular formula is C20H25N3O3. The average Bonchev–Trinajstić information content (AvgIpc) is 2.67. The second-order valence-electron chi connectivity index (χ2n) is 6.22. The van der Waals surface area contributed by atoms with E-state index in [0.717, 1.165) is 43.2 Å². The van der Waals surface area contributed by atoms with Crippen LogP contribution in [0.15, 0.2) is 42.5 Å². The second-order valence-corrected chi connectivity index (χ2v) is 6.22. The van der Waals surface area contributed by atoms with Gasteiger partial charge in [-0.25, -0.2) is 0 Å². The van der Waals surface area contributed by atoms with Crippen molar-refractivity contribution in [2.24, 2.45) is 0 Å². The van der Waals surface area contributed by atoms with E-state index in [1.165, 1.54) is 0 Å². The predicted octanol–water partition coefficient (Wildman–Crippen LogP) is 2.89. The van der Waals surface area contributed by atoms with Crippen LogP contribution in [0.2, 0.25) is 0 Å². The molecule has 1 heterocycles. The topological polar surface area (TPSA) is 62.8 Å². The minimum Gasteiger partial charge on any atom is -0.495 e. The number of anilines is 3. The zero-order valence-electron chi connectivity index (χ0n) is 15.2. The largest absolute Gasteiger partial charge is 0.495 e. The van der Waals surface area contributed by atoms with E-state index in [1.54, 1.807) is 7.11 Å². The maximum absolute atomic E-state index is 12.4. The third kappa shape index (κ3) is 4.46. The van der Waals surface area contributed by atoms with Gasteiger partial charge in [-0.1, -0.05) is 18.2 Å². The summed E-state index contributed by atoms with van der Waals surface area (Å²) in [5.41, 5.74) is 3.78. The lowest BCUT2D eigenvalue weighted by atomic mass is 10.2. The smallest absolute Gasteiger partial charge is 0.243 e. The summed E-state index contributed by atoms with van der Waals surface area (Å²) in [5, 5.41) is 6.16. The van der Waals surface area contributed by atoms with Crippen molar-refractivity contribution in [1.82, 2.24) is 0 Å². The Kier molecular flexibility index (Phi) is 5.96. The van der Waals surface area contributed by atoms with Crippen molar-refractivity contribution in [2.75, 3.05) is 55.5 Å². The van der Waals surface area contributed by atoms with E-state index < -0.39 is 0 Å². The van der Waals surface area contributed by atoms with Crippen LogP contribution in [-0.2, 0) is 9.53 Å². The molecule has 0 atom stereocenters. The quantitative estimate of drug-likeness (QED) is 0.834. The fourth-order valence-corrected chi connectivity index (χ4v) is 2.99. The van der Waals surface area contributed by atoms with Crippen LogP contribution in [0.4, 0.5) is 17.1 Å². The van der Waals surface area contributed by atoms with E-state index in [2.05, 4.69) is 21.6 Å². The highest BCUT2D eigenvalue weighted by Crippen LogP contribution is 2.27. The van der Waals surface area contributed by atoms with Crippen LogP contribution >= 0.6 is 0 Å². The van der Waals surface area contributed by atoms with Gasteiger partial charge < -0.3 is 25.0 Å². The Labute approximate surface area is 154 Å². The van der Waals surface area contributed by atoms with E-state index in [9.17, 15) is 4.79 Å². The molecule has 3 rings (SSSR count). The van der Waals surface area contributed by atoms with Crippen molar-refractivity contribution < 1.29 is 14.3 Å². The molecule has 2 aromatic carbocycles. The molecule has 26 heavy (non-hydrogen) atoms. The highest BCUT2D eigenvalue weighted by molar-refractivity contribution is 5.95. The molecule has 1 aliphatic rings. The number of carbonyl (C=O) groups excluding carboxylic acids is 1. The third-order valence-electron chi connectivity index (χ3n) is 4.32. The number of hydrogen-bond acceptors (Lipinski definition) is 5. The summed E-state index contributed by atoms with van der Waals surface area (Å²) in [6.07, 6.45) is 0. The van der Waals surface area contributed by atoms with Gasteiger partial charge in [-0.05, 0) is 36.8 Å². The minimum absolute atomic E-state index is 0.120. The Morgan fingerprint density at radius 2 is 1.92 bits per heavy atom. The van der Waals surface area contributed by atoms with Gasteiger partial charge in [0.2, 0.25) is 5.91 Å². The lowest BCUT2D eigenvalue weighted by Gasteiger charge is -2.30. The van der Waals surface area contributed by atoms with Crippen LogP contribution in [0.1, 0.15) is 5.56 Å². The lowest BCUT2D eigenvalue weighted by Crippen LogP contribution is -2.36. The monoisotopic (exact) mass is 355 g/mol. The molecular weight excluding hydrogens is 330 g/mol.